The van der Waals surface area contributed by atoms with Gasteiger partial charge >= 0.3 is 0 Å². The van der Waals surface area contributed by atoms with Crippen molar-refractivity contribution in [1.29, 1.82) is 0 Å². The fourth-order valence-electron chi connectivity index (χ4n) is 1.55. The van der Waals surface area contributed by atoms with Gasteiger partial charge in [-0.15, -0.1) is 11.3 Å². The number of rotatable bonds is 5. The van der Waals surface area contributed by atoms with E-state index in [0.29, 0.717) is 10.6 Å². The van der Waals surface area contributed by atoms with Crippen LogP contribution < -0.4 is 5.43 Å². The van der Waals surface area contributed by atoms with Crippen LogP contribution in [-0.2, 0) is 0 Å². The molecule has 0 spiro atoms. The molecule has 1 aromatic carbocycles. The third-order valence-corrected chi connectivity index (χ3v) is 3.65. The standard InChI is InChI=1S/C14H14N4O3S/c1-9(2)12-8-22-14(16-12)13(19)17-15-7-10-3-5-11(6-4-10)18(20)21/h3-9H,1-2H3,(H,17,19)/b15-7+. The molecule has 0 radical (unpaired) electrons. The van der Waals surface area contributed by atoms with Crippen molar-refractivity contribution in [3.05, 3.63) is 56.0 Å². The summed E-state index contributed by atoms with van der Waals surface area (Å²) in [5.74, 6) is -0.114. The van der Waals surface area contributed by atoms with E-state index in [0.717, 1.165) is 5.69 Å². The molecular formula is C14H14N4O3S. The number of nitrogens with zero attached hydrogens (tertiary/aromatic N) is 3. The summed E-state index contributed by atoms with van der Waals surface area (Å²) >= 11 is 1.27. The lowest BCUT2D eigenvalue weighted by molar-refractivity contribution is -0.384. The number of thiazole rings is 1. The van der Waals surface area contributed by atoms with Crippen molar-refractivity contribution in [2.45, 2.75) is 19.8 Å². The van der Waals surface area contributed by atoms with Gasteiger partial charge in [-0.25, -0.2) is 10.4 Å². The summed E-state index contributed by atoms with van der Waals surface area (Å²) in [6.07, 6.45) is 1.42. The summed E-state index contributed by atoms with van der Waals surface area (Å²) < 4.78 is 0. The molecule has 1 heterocycles. The number of hydrogen-bond donors (Lipinski definition) is 1. The fraction of sp³-hybridized carbons (Fsp3) is 0.214. The Labute approximate surface area is 130 Å². The van der Waals surface area contributed by atoms with Crippen molar-refractivity contribution in [2.24, 2.45) is 5.10 Å². The summed E-state index contributed by atoms with van der Waals surface area (Å²) in [6, 6.07) is 5.85. The molecule has 8 heteroatoms. The van der Waals surface area contributed by atoms with Gasteiger partial charge in [0.05, 0.1) is 16.8 Å². The SMILES string of the molecule is CC(C)c1csc(C(=O)N/N=C/c2ccc([N+](=O)[O-])cc2)n1. The third kappa shape index (κ3) is 3.95. The van der Waals surface area contributed by atoms with Gasteiger partial charge < -0.3 is 0 Å². The van der Waals surface area contributed by atoms with E-state index in [9.17, 15) is 14.9 Å². The van der Waals surface area contributed by atoms with Gasteiger partial charge in [-0.3, -0.25) is 14.9 Å². The van der Waals surface area contributed by atoms with E-state index in [4.69, 9.17) is 0 Å². The van der Waals surface area contributed by atoms with Crippen molar-refractivity contribution in [3.8, 4) is 0 Å². The summed E-state index contributed by atoms with van der Waals surface area (Å²) in [4.78, 5) is 26.1. The second kappa shape index (κ2) is 6.90. The number of carbonyl (C=O) groups excluding carboxylic acids is 1. The van der Waals surface area contributed by atoms with Crippen LogP contribution in [0.5, 0.6) is 0 Å². The highest BCUT2D eigenvalue weighted by molar-refractivity contribution is 7.11. The number of aromatic nitrogens is 1. The van der Waals surface area contributed by atoms with Crippen LogP contribution in [0.3, 0.4) is 0 Å². The predicted octanol–water partition coefficient (Wildman–Crippen LogP) is 2.94. The minimum absolute atomic E-state index is 0.00480. The highest BCUT2D eigenvalue weighted by Crippen LogP contribution is 2.17. The first-order valence-electron chi connectivity index (χ1n) is 6.50. The van der Waals surface area contributed by atoms with Crippen LogP contribution in [0.1, 0.15) is 40.8 Å². The largest absolute Gasteiger partial charge is 0.300 e. The molecule has 0 aliphatic rings. The van der Waals surface area contributed by atoms with E-state index in [1.54, 1.807) is 12.1 Å². The zero-order valence-corrected chi connectivity index (χ0v) is 12.8. The molecule has 0 saturated heterocycles. The van der Waals surface area contributed by atoms with Crippen molar-refractivity contribution < 1.29 is 9.72 Å². The Kier molecular flexibility index (Phi) is 4.95. The van der Waals surface area contributed by atoms with Crippen LogP contribution in [-0.4, -0.2) is 22.0 Å². The van der Waals surface area contributed by atoms with E-state index < -0.39 is 4.92 Å². The minimum Gasteiger partial charge on any atom is -0.265 e. The third-order valence-electron chi connectivity index (χ3n) is 2.79. The maximum Gasteiger partial charge on any atom is 0.300 e. The van der Waals surface area contributed by atoms with E-state index in [-0.39, 0.29) is 17.5 Å². The van der Waals surface area contributed by atoms with Gasteiger partial charge in [0.25, 0.3) is 11.6 Å². The van der Waals surface area contributed by atoms with Crippen molar-refractivity contribution in [1.82, 2.24) is 10.4 Å². The molecule has 0 saturated carbocycles. The lowest BCUT2D eigenvalue weighted by atomic mass is 10.2. The number of hydrazone groups is 1. The summed E-state index contributed by atoms with van der Waals surface area (Å²) in [5.41, 5.74) is 3.90. The normalized spacial score (nSPS) is 11.0. The van der Waals surface area contributed by atoms with Gasteiger partial charge in [0, 0.05) is 17.5 Å². The van der Waals surface area contributed by atoms with Crippen LogP contribution in [0.2, 0.25) is 0 Å². The Hall–Kier alpha value is -2.61. The van der Waals surface area contributed by atoms with E-state index in [1.807, 2.05) is 19.2 Å². The molecule has 0 fully saturated rings. The number of amides is 1. The molecule has 2 rings (SSSR count). The van der Waals surface area contributed by atoms with E-state index in [1.165, 1.54) is 29.7 Å². The molecule has 1 amide bonds. The maximum absolute atomic E-state index is 11.8. The monoisotopic (exact) mass is 318 g/mol. The summed E-state index contributed by atoms with van der Waals surface area (Å²) in [7, 11) is 0. The van der Waals surface area contributed by atoms with Crippen LogP contribution in [0, 0.1) is 10.1 Å². The number of non-ortho nitro benzene ring substituents is 1. The summed E-state index contributed by atoms with van der Waals surface area (Å²) in [5, 5.41) is 16.5. The number of benzene rings is 1. The first-order valence-corrected chi connectivity index (χ1v) is 7.38. The number of hydrogen-bond acceptors (Lipinski definition) is 6. The highest BCUT2D eigenvalue weighted by atomic mass is 32.1. The molecule has 1 N–H and O–H groups in total. The first-order chi connectivity index (χ1) is 10.5. The summed E-state index contributed by atoms with van der Waals surface area (Å²) in [6.45, 7) is 4.01. The lowest BCUT2D eigenvalue weighted by Crippen LogP contribution is -2.17. The quantitative estimate of drug-likeness (QED) is 0.520. The molecule has 0 bridgehead atoms. The number of carbonyl (C=O) groups is 1. The molecule has 2 aromatic rings. The van der Waals surface area contributed by atoms with Gasteiger partial charge in [-0.2, -0.15) is 5.10 Å². The molecular weight excluding hydrogens is 304 g/mol. The Morgan fingerprint density at radius 3 is 2.64 bits per heavy atom. The van der Waals surface area contributed by atoms with E-state index in [2.05, 4.69) is 15.5 Å². The Bertz CT molecular complexity index is 707. The van der Waals surface area contributed by atoms with Gasteiger partial charge in [-0.05, 0) is 23.6 Å². The van der Waals surface area contributed by atoms with Gasteiger partial charge in [0.2, 0.25) is 0 Å². The Morgan fingerprint density at radius 2 is 2.09 bits per heavy atom. The number of nitro benzene ring substituents is 1. The average molecular weight is 318 g/mol. The second-order valence-electron chi connectivity index (χ2n) is 4.78. The highest BCUT2D eigenvalue weighted by Gasteiger charge is 2.11. The van der Waals surface area contributed by atoms with E-state index >= 15 is 0 Å². The Balaban J connectivity index is 1.96. The molecule has 7 nitrogen and oxygen atoms in total. The predicted molar refractivity (Wildman–Crippen MR) is 84.4 cm³/mol. The Morgan fingerprint density at radius 1 is 1.41 bits per heavy atom. The first kappa shape index (κ1) is 15.8. The van der Waals surface area contributed by atoms with Crippen LogP contribution >= 0.6 is 11.3 Å². The van der Waals surface area contributed by atoms with Crippen LogP contribution in [0.4, 0.5) is 5.69 Å². The van der Waals surface area contributed by atoms with Gasteiger partial charge in [0.15, 0.2) is 5.01 Å². The van der Waals surface area contributed by atoms with Crippen molar-refractivity contribution in [2.75, 3.05) is 0 Å². The zero-order valence-electron chi connectivity index (χ0n) is 12.0. The molecule has 0 atom stereocenters. The van der Waals surface area contributed by atoms with Crippen molar-refractivity contribution >= 4 is 29.1 Å². The minimum atomic E-state index is -0.475. The van der Waals surface area contributed by atoms with Crippen LogP contribution in [0.25, 0.3) is 0 Å². The topological polar surface area (TPSA) is 97.5 Å². The van der Waals surface area contributed by atoms with Gasteiger partial charge in [-0.1, -0.05) is 13.8 Å². The maximum atomic E-state index is 11.8. The van der Waals surface area contributed by atoms with Gasteiger partial charge in [0.1, 0.15) is 0 Å². The molecule has 0 aliphatic carbocycles. The average Bonchev–Trinajstić information content (AvgIpc) is 2.98. The fourth-order valence-corrected chi connectivity index (χ4v) is 2.42. The molecule has 0 unspecified atom stereocenters. The molecule has 0 aliphatic heterocycles. The second-order valence-corrected chi connectivity index (χ2v) is 5.64. The molecule has 114 valence electrons. The number of nitrogens with one attached hydrogen (secondary N) is 1. The van der Waals surface area contributed by atoms with Crippen molar-refractivity contribution in [3.63, 3.8) is 0 Å². The zero-order chi connectivity index (χ0) is 16.1. The van der Waals surface area contributed by atoms with Crippen LogP contribution in [0.15, 0.2) is 34.7 Å². The smallest absolute Gasteiger partial charge is 0.265 e. The molecule has 1 aromatic heterocycles. The molecule has 22 heavy (non-hydrogen) atoms. The number of nitro groups is 1. The lowest BCUT2D eigenvalue weighted by Gasteiger charge is -1.97.